The Hall–Kier alpha value is -0.0400. The van der Waals surface area contributed by atoms with Crippen LogP contribution < -0.4 is 0 Å². The molecule has 5 fully saturated rings. The van der Waals surface area contributed by atoms with Crippen LogP contribution in [-0.4, -0.2) is 11.2 Å². The van der Waals surface area contributed by atoms with Crippen molar-refractivity contribution in [3.63, 3.8) is 0 Å². The van der Waals surface area contributed by atoms with Crippen LogP contribution in [-0.2, 0) is 0 Å². The Morgan fingerprint density at radius 1 is 0.800 bits per heavy atom. The molecule has 142 valence electrons. The Bertz CT molecular complexity index is 508. The Morgan fingerprint density at radius 2 is 1.52 bits per heavy atom. The molecular weight excluding hydrogens is 304 g/mol. The first kappa shape index (κ1) is 17.1. The van der Waals surface area contributed by atoms with Gasteiger partial charge in [0, 0.05) is 0 Å². The van der Waals surface area contributed by atoms with E-state index in [1.165, 1.54) is 64.2 Å². The van der Waals surface area contributed by atoms with Crippen LogP contribution in [0.3, 0.4) is 0 Å². The molecule has 1 heteroatoms. The highest BCUT2D eigenvalue weighted by Gasteiger charge is 2.62. The van der Waals surface area contributed by atoms with Gasteiger partial charge in [0.05, 0.1) is 6.10 Å². The number of aliphatic hydroxyl groups excluding tert-OH is 1. The van der Waals surface area contributed by atoms with Crippen molar-refractivity contribution in [3.05, 3.63) is 0 Å². The van der Waals surface area contributed by atoms with Crippen molar-refractivity contribution in [2.24, 2.45) is 58.7 Å². The molecule has 0 heterocycles. The summed E-state index contributed by atoms with van der Waals surface area (Å²) in [6, 6.07) is 0. The van der Waals surface area contributed by atoms with Gasteiger partial charge >= 0.3 is 0 Å². The normalized spacial score (nSPS) is 56.6. The minimum Gasteiger partial charge on any atom is -0.393 e. The van der Waals surface area contributed by atoms with Gasteiger partial charge in [-0.3, -0.25) is 0 Å². The van der Waals surface area contributed by atoms with Gasteiger partial charge in [0.15, 0.2) is 0 Å². The van der Waals surface area contributed by atoms with Gasteiger partial charge in [-0.1, -0.05) is 20.3 Å². The van der Waals surface area contributed by atoms with Gasteiger partial charge < -0.3 is 5.11 Å². The van der Waals surface area contributed by atoms with E-state index in [4.69, 9.17) is 0 Å². The monoisotopic (exact) mass is 344 g/mol. The fourth-order valence-corrected chi connectivity index (χ4v) is 9.07. The summed E-state index contributed by atoms with van der Waals surface area (Å²) in [4.78, 5) is 0. The molecule has 5 saturated carbocycles. The molecule has 0 aromatic rings. The lowest BCUT2D eigenvalue weighted by molar-refractivity contribution is -0.0911. The maximum absolute atomic E-state index is 10.6. The summed E-state index contributed by atoms with van der Waals surface area (Å²) in [5, 5.41) is 10.6. The van der Waals surface area contributed by atoms with Crippen molar-refractivity contribution in [2.45, 2.75) is 91.1 Å². The SMILES string of the molecule is C[C@H]1CC[C@@H]2C3CC[C@@]4(C)C(C3CC[C@@H]2C1)[C@H](C1CC1)C[C@@H]4[C@H](C)O. The quantitative estimate of drug-likeness (QED) is 0.660. The Kier molecular flexibility index (Phi) is 4.09. The number of fused-ring (bicyclic) bond motifs is 5. The smallest absolute Gasteiger partial charge is 0.0545 e. The molecule has 1 N–H and O–H groups in total. The zero-order valence-electron chi connectivity index (χ0n) is 16.8. The van der Waals surface area contributed by atoms with Crippen LogP contribution in [0.15, 0.2) is 0 Å². The summed E-state index contributed by atoms with van der Waals surface area (Å²) in [5.41, 5.74) is 0.442. The summed E-state index contributed by atoms with van der Waals surface area (Å²) in [5.74, 6) is 8.64. The first-order chi connectivity index (χ1) is 12.0. The summed E-state index contributed by atoms with van der Waals surface area (Å²) >= 11 is 0. The van der Waals surface area contributed by atoms with Gasteiger partial charge in [-0.25, -0.2) is 0 Å². The first-order valence-electron chi connectivity index (χ1n) is 11.7. The predicted molar refractivity (Wildman–Crippen MR) is 103 cm³/mol. The molecule has 5 rings (SSSR count). The van der Waals surface area contributed by atoms with Crippen LogP contribution in [0.5, 0.6) is 0 Å². The number of hydrogen-bond donors (Lipinski definition) is 1. The molecule has 0 aromatic heterocycles. The third kappa shape index (κ3) is 2.58. The molecule has 5 aliphatic carbocycles. The predicted octanol–water partition coefficient (Wildman–Crippen LogP) is 5.91. The lowest BCUT2D eigenvalue weighted by atomic mass is 9.48. The minimum absolute atomic E-state index is 0.0975. The van der Waals surface area contributed by atoms with Gasteiger partial charge in [-0.15, -0.1) is 0 Å². The lowest BCUT2D eigenvalue weighted by Crippen LogP contribution is -2.50. The van der Waals surface area contributed by atoms with Crippen molar-refractivity contribution >= 4 is 0 Å². The number of aliphatic hydroxyl groups is 1. The van der Waals surface area contributed by atoms with Crippen molar-refractivity contribution in [1.82, 2.24) is 0 Å². The molecule has 25 heavy (non-hydrogen) atoms. The van der Waals surface area contributed by atoms with E-state index in [9.17, 15) is 5.11 Å². The number of rotatable bonds is 2. The second-order valence-corrected chi connectivity index (χ2v) is 11.4. The van der Waals surface area contributed by atoms with Crippen molar-refractivity contribution in [1.29, 1.82) is 0 Å². The molecule has 0 saturated heterocycles. The zero-order valence-corrected chi connectivity index (χ0v) is 16.8. The topological polar surface area (TPSA) is 20.2 Å². The Balaban J connectivity index is 1.45. The van der Waals surface area contributed by atoms with E-state index < -0.39 is 0 Å². The molecular formula is C24H40O. The van der Waals surface area contributed by atoms with E-state index in [0.29, 0.717) is 11.3 Å². The summed E-state index contributed by atoms with van der Waals surface area (Å²) < 4.78 is 0. The summed E-state index contributed by atoms with van der Waals surface area (Å²) in [7, 11) is 0. The molecule has 0 radical (unpaired) electrons. The average Bonchev–Trinajstić information content (AvgIpc) is 3.36. The fraction of sp³-hybridized carbons (Fsp3) is 1.00. The Labute approximate surface area is 155 Å². The van der Waals surface area contributed by atoms with E-state index in [1.807, 2.05) is 0 Å². The van der Waals surface area contributed by atoms with Crippen LogP contribution in [0.2, 0.25) is 0 Å². The van der Waals surface area contributed by atoms with Crippen LogP contribution in [0.4, 0.5) is 0 Å². The van der Waals surface area contributed by atoms with Crippen molar-refractivity contribution in [3.8, 4) is 0 Å². The molecule has 0 spiro atoms. The molecule has 0 aromatic carbocycles. The lowest BCUT2D eigenvalue weighted by Gasteiger charge is -2.57. The van der Waals surface area contributed by atoms with Gasteiger partial charge in [-0.05, 0) is 123 Å². The summed E-state index contributed by atoms with van der Waals surface area (Å²) in [6.45, 7) is 7.18. The fourth-order valence-electron chi connectivity index (χ4n) is 9.07. The second kappa shape index (κ2) is 5.98. The van der Waals surface area contributed by atoms with Crippen LogP contribution in [0.1, 0.15) is 85.0 Å². The van der Waals surface area contributed by atoms with Crippen LogP contribution >= 0.6 is 0 Å². The standard InChI is InChI=1S/C24H40O/c1-14-4-8-18-17(12-14)7-9-20-19(18)10-11-24(3)22(15(2)25)13-21(23(20)24)16-5-6-16/h14-23,25H,4-13H2,1-3H3/t14-,15-,17+,18-,19?,20?,21-,22+,23?,24+/m0/s1. The van der Waals surface area contributed by atoms with E-state index in [1.54, 1.807) is 0 Å². The number of hydrogen-bond acceptors (Lipinski definition) is 1. The minimum atomic E-state index is -0.0975. The molecule has 0 aliphatic heterocycles. The maximum Gasteiger partial charge on any atom is 0.0545 e. The van der Waals surface area contributed by atoms with E-state index in [-0.39, 0.29) is 6.10 Å². The third-order valence-corrected chi connectivity index (χ3v) is 10.2. The highest BCUT2D eigenvalue weighted by molar-refractivity contribution is 5.11. The highest BCUT2D eigenvalue weighted by atomic mass is 16.3. The third-order valence-electron chi connectivity index (χ3n) is 10.2. The highest BCUT2D eigenvalue weighted by Crippen LogP contribution is 2.69. The van der Waals surface area contributed by atoms with E-state index in [2.05, 4.69) is 20.8 Å². The molecule has 3 unspecified atom stereocenters. The van der Waals surface area contributed by atoms with Gasteiger partial charge in [0.25, 0.3) is 0 Å². The van der Waals surface area contributed by atoms with Crippen LogP contribution in [0, 0.1) is 58.7 Å². The summed E-state index contributed by atoms with van der Waals surface area (Å²) in [6.07, 6.45) is 14.7. The average molecular weight is 345 g/mol. The van der Waals surface area contributed by atoms with Gasteiger partial charge in [0.1, 0.15) is 0 Å². The molecule has 1 nitrogen and oxygen atoms in total. The van der Waals surface area contributed by atoms with E-state index in [0.717, 1.165) is 47.3 Å². The molecule has 0 bridgehead atoms. The zero-order chi connectivity index (χ0) is 17.3. The van der Waals surface area contributed by atoms with Crippen molar-refractivity contribution in [2.75, 3.05) is 0 Å². The maximum atomic E-state index is 10.6. The van der Waals surface area contributed by atoms with Crippen molar-refractivity contribution < 1.29 is 5.11 Å². The first-order valence-corrected chi connectivity index (χ1v) is 11.7. The Morgan fingerprint density at radius 3 is 2.24 bits per heavy atom. The molecule has 10 atom stereocenters. The largest absolute Gasteiger partial charge is 0.393 e. The second-order valence-electron chi connectivity index (χ2n) is 11.4. The molecule has 0 amide bonds. The van der Waals surface area contributed by atoms with Gasteiger partial charge in [-0.2, -0.15) is 0 Å². The van der Waals surface area contributed by atoms with Crippen LogP contribution in [0.25, 0.3) is 0 Å². The van der Waals surface area contributed by atoms with Gasteiger partial charge in [0.2, 0.25) is 0 Å². The van der Waals surface area contributed by atoms with E-state index >= 15 is 0 Å². The molecule has 5 aliphatic rings.